The van der Waals surface area contributed by atoms with E-state index in [4.69, 9.17) is 5.10 Å². The van der Waals surface area contributed by atoms with Gasteiger partial charge in [0.05, 0.1) is 17.9 Å². The van der Waals surface area contributed by atoms with Crippen LogP contribution >= 0.6 is 0 Å². The molecule has 1 saturated carbocycles. The van der Waals surface area contributed by atoms with Gasteiger partial charge in [0.2, 0.25) is 5.91 Å². The molecule has 166 valence electrons. The van der Waals surface area contributed by atoms with Gasteiger partial charge in [-0.2, -0.15) is 5.10 Å². The number of nitrogens with one attached hydrogen (secondary N) is 1. The molecule has 1 aromatic heterocycles. The van der Waals surface area contributed by atoms with Crippen molar-refractivity contribution in [2.75, 3.05) is 38.0 Å². The smallest absolute Gasteiger partial charge is 0.239 e. The van der Waals surface area contributed by atoms with E-state index in [0.29, 0.717) is 12.5 Å². The Labute approximate surface area is 189 Å². The molecule has 1 aliphatic heterocycles. The topological polar surface area (TPSA) is 53.4 Å². The number of para-hydroxylation sites is 1. The maximum Gasteiger partial charge on any atom is 0.239 e. The molecule has 0 bridgehead atoms. The van der Waals surface area contributed by atoms with Crippen molar-refractivity contribution in [3.63, 3.8) is 0 Å². The Morgan fingerprint density at radius 2 is 1.59 bits per heavy atom. The summed E-state index contributed by atoms with van der Waals surface area (Å²) in [4.78, 5) is 17.7. The van der Waals surface area contributed by atoms with Gasteiger partial charge in [0.15, 0.2) is 0 Å². The number of nitrogens with zero attached hydrogens (tertiary/aromatic N) is 4. The fourth-order valence-corrected chi connectivity index (χ4v) is 4.40. The van der Waals surface area contributed by atoms with Crippen LogP contribution in [0.15, 0.2) is 66.7 Å². The van der Waals surface area contributed by atoms with Gasteiger partial charge in [-0.3, -0.25) is 14.6 Å². The monoisotopic (exact) mass is 429 g/mol. The second-order valence-electron chi connectivity index (χ2n) is 8.92. The molecular weight excluding hydrogens is 398 g/mol. The number of benzene rings is 2. The molecule has 6 nitrogen and oxygen atoms in total. The first kappa shape index (κ1) is 20.9. The number of rotatable bonds is 7. The molecule has 2 fully saturated rings. The first-order chi connectivity index (χ1) is 15.7. The van der Waals surface area contributed by atoms with Crippen LogP contribution < -0.4 is 5.32 Å². The molecule has 1 N–H and O–H groups in total. The van der Waals surface area contributed by atoms with Gasteiger partial charge in [-0.15, -0.1) is 0 Å². The summed E-state index contributed by atoms with van der Waals surface area (Å²) in [5.74, 6) is 1.33. The van der Waals surface area contributed by atoms with Crippen LogP contribution in [0, 0.1) is 0 Å². The predicted octanol–water partition coefficient (Wildman–Crippen LogP) is 3.90. The summed E-state index contributed by atoms with van der Waals surface area (Å²) >= 11 is 0. The van der Waals surface area contributed by atoms with Crippen molar-refractivity contribution in [1.29, 1.82) is 0 Å². The number of anilines is 1. The third-order valence-corrected chi connectivity index (χ3v) is 6.29. The van der Waals surface area contributed by atoms with E-state index in [9.17, 15) is 4.79 Å². The van der Waals surface area contributed by atoms with E-state index >= 15 is 0 Å². The Morgan fingerprint density at radius 3 is 2.34 bits per heavy atom. The average molecular weight is 430 g/mol. The third-order valence-electron chi connectivity index (χ3n) is 6.29. The van der Waals surface area contributed by atoms with Gasteiger partial charge >= 0.3 is 0 Å². The highest BCUT2D eigenvalue weighted by atomic mass is 16.2. The Morgan fingerprint density at radius 1 is 0.906 bits per heavy atom. The highest BCUT2D eigenvalue weighted by Gasteiger charge is 2.28. The lowest BCUT2D eigenvalue weighted by molar-refractivity contribution is -0.117. The molecule has 0 radical (unpaired) electrons. The van der Waals surface area contributed by atoms with E-state index in [0.717, 1.165) is 56.3 Å². The van der Waals surface area contributed by atoms with E-state index in [1.807, 2.05) is 41.1 Å². The fourth-order valence-electron chi connectivity index (χ4n) is 4.40. The van der Waals surface area contributed by atoms with Crippen molar-refractivity contribution in [3.8, 4) is 5.69 Å². The van der Waals surface area contributed by atoms with Crippen LogP contribution in [0.25, 0.3) is 5.69 Å². The highest BCUT2D eigenvalue weighted by Crippen LogP contribution is 2.40. The number of carbonyl (C=O) groups excluding carboxylic acids is 1. The van der Waals surface area contributed by atoms with Crippen molar-refractivity contribution in [3.05, 3.63) is 78.0 Å². The summed E-state index contributed by atoms with van der Waals surface area (Å²) in [6.45, 7) is 5.29. The number of amides is 1. The Hall–Kier alpha value is -2.96. The second kappa shape index (κ2) is 9.67. The number of hydrogen-bond donors (Lipinski definition) is 1. The van der Waals surface area contributed by atoms with Crippen LogP contribution in [0.4, 0.5) is 5.82 Å². The molecule has 0 atom stereocenters. The van der Waals surface area contributed by atoms with E-state index < -0.39 is 0 Å². The lowest BCUT2D eigenvalue weighted by Gasteiger charge is -2.21. The molecule has 1 amide bonds. The summed E-state index contributed by atoms with van der Waals surface area (Å²) in [5, 5.41) is 7.93. The molecule has 2 aliphatic rings. The predicted molar refractivity (Wildman–Crippen MR) is 127 cm³/mol. The van der Waals surface area contributed by atoms with Crippen LogP contribution in [-0.2, 0) is 11.3 Å². The van der Waals surface area contributed by atoms with Gasteiger partial charge < -0.3 is 5.32 Å². The van der Waals surface area contributed by atoms with Crippen LogP contribution in [0.1, 0.15) is 36.4 Å². The molecule has 0 spiro atoms. The summed E-state index contributed by atoms with van der Waals surface area (Å²) < 4.78 is 1.87. The summed E-state index contributed by atoms with van der Waals surface area (Å²) in [7, 11) is 0. The standard InChI is InChI=1S/C26H31N5O/c32-26(20-30-15-7-14-29(16-17-30)19-21-8-3-1-4-9-21)27-25-18-24(22-12-13-22)28-31(25)23-10-5-2-6-11-23/h1-6,8-11,18,22H,7,12-17,19-20H2,(H,27,32). The van der Waals surface area contributed by atoms with Gasteiger partial charge in [0, 0.05) is 31.6 Å². The van der Waals surface area contributed by atoms with Gasteiger partial charge in [-0.05, 0) is 50.0 Å². The van der Waals surface area contributed by atoms with E-state index in [2.05, 4.69) is 45.4 Å². The molecule has 5 rings (SSSR count). The molecule has 0 unspecified atom stereocenters. The Balaban J connectivity index is 1.20. The lowest BCUT2D eigenvalue weighted by Crippen LogP contribution is -2.36. The van der Waals surface area contributed by atoms with Crippen LogP contribution in [0.2, 0.25) is 0 Å². The third kappa shape index (κ3) is 5.26. The van der Waals surface area contributed by atoms with Crippen LogP contribution in [0.3, 0.4) is 0 Å². The molecule has 1 aliphatic carbocycles. The quantitative estimate of drug-likeness (QED) is 0.619. The minimum Gasteiger partial charge on any atom is -0.309 e. The molecule has 32 heavy (non-hydrogen) atoms. The molecule has 6 heteroatoms. The number of aromatic nitrogens is 2. The lowest BCUT2D eigenvalue weighted by atomic mass is 10.2. The van der Waals surface area contributed by atoms with Crippen molar-refractivity contribution >= 4 is 11.7 Å². The van der Waals surface area contributed by atoms with E-state index in [1.165, 1.54) is 18.4 Å². The first-order valence-electron chi connectivity index (χ1n) is 11.7. The van der Waals surface area contributed by atoms with Crippen molar-refractivity contribution < 1.29 is 4.79 Å². The van der Waals surface area contributed by atoms with Crippen LogP contribution in [-0.4, -0.2) is 58.2 Å². The Kier molecular flexibility index (Phi) is 6.32. The zero-order chi connectivity index (χ0) is 21.8. The summed E-state index contributed by atoms with van der Waals surface area (Å²) in [5.41, 5.74) is 3.40. The van der Waals surface area contributed by atoms with Crippen molar-refractivity contribution in [2.45, 2.75) is 31.7 Å². The number of hydrogen-bond acceptors (Lipinski definition) is 4. The average Bonchev–Trinajstić information content (AvgIpc) is 3.61. The summed E-state index contributed by atoms with van der Waals surface area (Å²) in [6, 6.07) is 22.7. The molecule has 2 aromatic carbocycles. The zero-order valence-corrected chi connectivity index (χ0v) is 18.5. The molecular formula is C26H31N5O. The second-order valence-corrected chi connectivity index (χ2v) is 8.92. The minimum absolute atomic E-state index is 0.0286. The highest BCUT2D eigenvalue weighted by molar-refractivity contribution is 5.91. The maximum absolute atomic E-state index is 12.9. The van der Waals surface area contributed by atoms with E-state index in [-0.39, 0.29) is 5.91 Å². The fraction of sp³-hybridized carbons (Fsp3) is 0.385. The SMILES string of the molecule is O=C(CN1CCCN(Cc2ccccc2)CC1)Nc1cc(C2CC2)nn1-c1ccccc1. The van der Waals surface area contributed by atoms with Crippen molar-refractivity contribution in [1.82, 2.24) is 19.6 Å². The largest absolute Gasteiger partial charge is 0.309 e. The zero-order valence-electron chi connectivity index (χ0n) is 18.5. The first-order valence-corrected chi connectivity index (χ1v) is 11.7. The molecule has 1 saturated heterocycles. The van der Waals surface area contributed by atoms with Crippen molar-refractivity contribution in [2.24, 2.45) is 0 Å². The Bertz CT molecular complexity index is 1030. The maximum atomic E-state index is 12.9. The molecule has 3 aromatic rings. The summed E-state index contributed by atoms with van der Waals surface area (Å²) in [6.07, 6.45) is 3.45. The van der Waals surface area contributed by atoms with Gasteiger partial charge in [-0.25, -0.2) is 4.68 Å². The number of carbonyl (C=O) groups is 1. The van der Waals surface area contributed by atoms with E-state index in [1.54, 1.807) is 0 Å². The van der Waals surface area contributed by atoms with Gasteiger partial charge in [-0.1, -0.05) is 48.5 Å². The normalized spacial score (nSPS) is 17.8. The van der Waals surface area contributed by atoms with Gasteiger partial charge in [0.25, 0.3) is 0 Å². The van der Waals surface area contributed by atoms with Gasteiger partial charge in [0.1, 0.15) is 5.82 Å². The minimum atomic E-state index is 0.0286. The molecule has 2 heterocycles. The van der Waals surface area contributed by atoms with Crippen LogP contribution in [0.5, 0.6) is 0 Å².